The van der Waals surface area contributed by atoms with Gasteiger partial charge in [0.05, 0.1) is 6.61 Å². The molecule has 0 saturated carbocycles. The maximum Gasteiger partial charge on any atom is 0.0585 e. The molecule has 0 rings (SSSR count). The molecule has 0 aromatic rings. The summed E-state index contributed by atoms with van der Waals surface area (Å²) in [5.74, 6) is 1.83. The Kier molecular flexibility index (Phi) is 10.6. The highest BCUT2D eigenvalue weighted by molar-refractivity contribution is 7.98. The van der Waals surface area contributed by atoms with Crippen LogP contribution in [0.15, 0.2) is 0 Å². The summed E-state index contributed by atoms with van der Waals surface area (Å²) in [6, 6.07) is 0.829. The van der Waals surface area contributed by atoms with Crippen LogP contribution in [0.2, 0.25) is 0 Å². The Morgan fingerprint density at radius 3 is 2.38 bits per heavy atom. The molecule has 0 bridgehead atoms. The van der Waals surface area contributed by atoms with Gasteiger partial charge in [0, 0.05) is 12.1 Å². The second kappa shape index (κ2) is 10.4. The van der Waals surface area contributed by atoms with Crippen molar-refractivity contribution in [3.8, 4) is 0 Å². The van der Waals surface area contributed by atoms with E-state index >= 15 is 0 Å². The summed E-state index contributed by atoms with van der Waals surface area (Å²) in [5, 5.41) is 12.9. The van der Waals surface area contributed by atoms with E-state index in [2.05, 4.69) is 32.3 Å². The molecule has 2 nitrogen and oxygen atoms in total. The van der Waals surface area contributed by atoms with Gasteiger partial charge in [0.15, 0.2) is 0 Å². The van der Waals surface area contributed by atoms with Crippen LogP contribution in [0.4, 0.5) is 0 Å². The van der Waals surface area contributed by atoms with Crippen LogP contribution < -0.4 is 5.32 Å². The standard InChI is InChI=1S/C13H29NOS/c1-5-7-11(3)13(6-2)14-12(10-15)8-9-16-4/h11-15H,5-10H2,1-4H3. The van der Waals surface area contributed by atoms with Crippen LogP contribution >= 0.6 is 11.8 Å². The Bertz CT molecular complexity index is 155. The molecule has 0 amide bonds. The maximum atomic E-state index is 9.34. The van der Waals surface area contributed by atoms with Crippen LogP contribution in [0.1, 0.15) is 46.5 Å². The minimum Gasteiger partial charge on any atom is -0.395 e. The predicted molar refractivity (Wildman–Crippen MR) is 75.2 cm³/mol. The molecule has 2 N–H and O–H groups in total. The van der Waals surface area contributed by atoms with Crippen LogP contribution in [-0.4, -0.2) is 35.8 Å². The summed E-state index contributed by atoms with van der Waals surface area (Å²) in [7, 11) is 0. The monoisotopic (exact) mass is 247 g/mol. The second-order valence-corrected chi connectivity index (χ2v) is 5.59. The van der Waals surface area contributed by atoms with Gasteiger partial charge in [-0.15, -0.1) is 0 Å². The number of nitrogens with one attached hydrogen (secondary N) is 1. The third-order valence-corrected chi connectivity index (χ3v) is 3.86. The van der Waals surface area contributed by atoms with Crippen molar-refractivity contribution in [2.24, 2.45) is 5.92 Å². The molecule has 0 spiro atoms. The molecule has 3 heteroatoms. The summed E-state index contributed by atoms with van der Waals surface area (Å²) < 4.78 is 0. The van der Waals surface area contributed by atoms with Gasteiger partial charge in [0.1, 0.15) is 0 Å². The first-order valence-electron chi connectivity index (χ1n) is 6.55. The van der Waals surface area contributed by atoms with Crippen molar-refractivity contribution in [3.63, 3.8) is 0 Å². The summed E-state index contributed by atoms with van der Waals surface area (Å²) >= 11 is 1.85. The van der Waals surface area contributed by atoms with E-state index in [9.17, 15) is 5.11 Å². The van der Waals surface area contributed by atoms with Gasteiger partial charge in [0.25, 0.3) is 0 Å². The Labute approximate surface area is 106 Å². The highest BCUT2D eigenvalue weighted by Crippen LogP contribution is 2.15. The van der Waals surface area contributed by atoms with Crippen molar-refractivity contribution in [1.29, 1.82) is 0 Å². The van der Waals surface area contributed by atoms with E-state index in [0.29, 0.717) is 12.0 Å². The van der Waals surface area contributed by atoms with Crippen molar-refractivity contribution >= 4 is 11.8 Å². The number of rotatable bonds is 10. The summed E-state index contributed by atoms with van der Waals surface area (Å²) in [4.78, 5) is 0. The Morgan fingerprint density at radius 1 is 1.25 bits per heavy atom. The van der Waals surface area contributed by atoms with Gasteiger partial charge in [-0.25, -0.2) is 0 Å². The normalized spacial score (nSPS) is 17.1. The molecule has 0 fully saturated rings. The van der Waals surface area contributed by atoms with Gasteiger partial charge in [-0.3, -0.25) is 0 Å². The van der Waals surface area contributed by atoms with E-state index in [4.69, 9.17) is 0 Å². The zero-order valence-corrected chi connectivity index (χ0v) is 12.1. The van der Waals surface area contributed by atoms with E-state index in [1.165, 1.54) is 12.8 Å². The van der Waals surface area contributed by atoms with Crippen LogP contribution in [0.3, 0.4) is 0 Å². The molecule has 0 saturated heterocycles. The van der Waals surface area contributed by atoms with Crippen molar-refractivity contribution in [2.75, 3.05) is 18.6 Å². The maximum absolute atomic E-state index is 9.34. The lowest BCUT2D eigenvalue weighted by Crippen LogP contribution is -2.44. The fourth-order valence-electron chi connectivity index (χ4n) is 2.13. The first kappa shape index (κ1) is 16.3. The number of hydrogen-bond acceptors (Lipinski definition) is 3. The van der Waals surface area contributed by atoms with E-state index in [1.54, 1.807) is 0 Å². The topological polar surface area (TPSA) is 32.3 Å². The van der Waals surface area contributed by atoms with Crippen LogP contribution in [0.5, 0.6) is 0 Å². The van der Waals surface area contributed by atoms with Gasteiger partial charge < -0.3 is 10.4 Å². The lowest BCUT2D eigenvalue weighted by Gasteiger charge is -2.28. The van der Waals surface area contributed by atoms with Gasteiger partial charge >= 0.3 is 0 Å². The SMILES string of the molecule is CCCC(C)C(CC)NC(CO)CCSC. The number of aliphatic hydroxyl groups is 1. The first-order valence-corrected chi connectivity index (χ1v) is 7.94. The zero-order chi connectivity index (χ0) is 12.4. The lowest BCUT2D eigenvalue weighted by molar-refractivity contribution is 0.209. The van der Waals surface area contributed by atoms with E-state index in [0.717, 1.165) is 18.6 Å². The molecule has 0 aliphatic carbocycles. The Balaban J connectivity index is 4.04. The van der Waals surface area contributed by atoms with Crippen molar-refractivity contribution in [3.05, 3.63) is 0 Å². The molecular formula is C13H29NOS. The van der Waals surface area contributed by atoms with Gasteiger partial charge in [-0.2, -0.15) is 11.8 Å². The van der Waals surface area contributed by atoms with E-state index in [-0.39, 0.29) is 12.6 Å². The summed E-state index contributed by atoms with van der Waals surface area (Å²) in [5.41, 5.74) is 0. The fraction of sp³-hybridized carbons (Fsp3) is 1.00. The van der Waals surface area contributed by atoms with Crippen LogP contribution in [0, 0.1) is 5.92 Å². The van der Waals surface area contributed by atoms with Gasteiger partial charge in [-0.05, 0) is 37.2 Å². The number of aliphatic hydroxyl groups excluding tert-OH is 1. The molecule has 16 heavy (non-hydrogen) atoms. The van der Waals surface area contributed by atoms with E-state index < -0.39 is 0 Å². The minimum atomic E-state index is 0.260. The molecule has 98 valence electrons. The molecular weight excluding hydrogens is 218 g/mol. The van der Waals surface area contributed by atoms with Crippen molar-refractivity contribution < 1.29 is 5.11 Å². The molecule has 0 aliphatic rings. The molecule has 3 unspecified atom stereocenters. The van der Waals surface area contributed by atoms with Crippen LogP contribution in [0.25, 0.3) is 0 Å². The predicted octanol–water partition coefficient (Wildman–Crippen LogP) is 2.90. The molecule has 0 aromatic carbocycles. The van der Waals surface area contributed by atoms with E-state index in [1.807, 2.05) is 11.8 Å². The van der Waals surface area contributed by atoms with Crippen molar-refractivity contribution in [1.82, 2.24) is 5.32 Å². The third-order valence-electron chi connectivity index (χ3n) is 3.21. The smallest absolute Gasteiger partial charge is 0.0585 e. The average molecular weight is 247 g/mol. The third kappa shape index (κ3) is 6.77. The zero-order valence-electron chi connectivity index (χ0n) is 11.3. The Morgan fingerprint density at radius 2 is 1.94 bits per heavy atom. The van der Waals surface area contributed by atoms with Gasteiger partial charge in [-0.1, -0.05) is 27.2 Å². The number of thioether (sulfide) groups is 1. The summed E-state index contributed by atoms with van der Waals surface area (Å²) in [6.07, 6.45) is 6.84. The molecule has 0 radical (unpaired) electrons. The quantitative estimate of drug-likeness (QED) is 0.622. The highest BCUT2D eigenvalue weighted by atomic mass is 32.2. The average Bonchev–Trinajstić information content (AvgIpc) is 2.30. The van der Waals surface area contributed by atoms with Crippen LogP contribution in [-0.2, 0) is 0 Å². The molecule has 3 atom stereocenters. The molecule has 0 aliphatic heterocycles. The number of hydrogen-bond donors (Lipinski definition) is 2. The fourth-order valence-corrected chi connectivity index (χ4v) is 2.65. The highest BCUT2D eigenvalue weighted by Gasteiger charge is 2.18. The Hall–Kier alpha value is 0.270. The first-order chi connectivity index (χ1) is 7.69. The lowest BCUT2D eigenvalue weighted by atomic mass is 9.94. The minimum absolute atomic E-state index is 0.260. The van der Waals surface area contributed by atoms with Gasteiger partial charge in [0.2, 0.25) is 0 Å². The second-order valence-electron chi connectivity index (χ2n) is 4.61. The summed E-state index contributed by atoms with van der Waals surface area (Å²) in [6.45, 7) is 7.04. The van der Waals surface area contributed by atoms with Crippen molar-refractivity contribution in [2.45, 2.75) is 58.5 Å². The molecule has 0 heterocycles. The molecule has 0 aromatic heterocycles. The largest absolute Gasteiger partial charge is 0.395 e.